The molecule has 0 atom stereocenters. The molecule has 2 aromatic heterocycles. The molecule has 0 radical (unpaired) electrons. The maximum Gasteiger partial charge on any atom is 0.145 e. The average molecular weight is 1010 g/mol. The summed E-state index contributed by atoms with van der Waals surface area (Å²) in [6, 6.07) is 70.9. The Balaban J connectivity index is 1.25. The molecule has 374 valence electrons. The number of hydrogen-bond donors (Lipinski definition) is 0. The molecule has 0 aliphatic heterocycles. The molecule has 0 bridgehead atoms. The van der Waals surface area contributed by atoms with Crippen molar-refractivity contribution in [2.45, 2.75) is 67.6 Å². The Morgan fingerprint density at radius 1 is 0.459 bits per heavy atom. The van der Waals surface area contributed by atoms with Crippen LogP contribution >= 0.6 is 20.1 Å². The first-order valence-corrected chi connectivity index (χ1v) is 31.4. The zero-order valence-corrected chi connectivity index (χ0v) is 46.8. The topological polar surface area (TPSA) is 32.5 Å². The van der Waals surface area contributed by atoms with E-state index in [-0.39, 0.29) is 10.8 Å². The van der Waals surface area contributed by atoms with Crippen molar-refractivity contribution in [3.8, 4) is 11.1 Å². The van der Waals surface area contributed by atoms with Gasteiger partial charge in [-0.2, -0.15) is 0 Å². The predicted molar refractivity (Wildman–Crippen MR) is 323 cm³/mol. The highest BCUT2D eigenvalue weighted by atomic mass is 32.3. The molecule has 11 rings (SSSR count). The number of pyridine rings is 1. The van der Waals surface area contributed by atoms with Crippen molar-refractivity contribution in [3.63, 3.8) is 0 Å². The van der Waals surface area contributed by atoms with Gasteiger partial charge in [-0.15, -0.1) is 0 Å². The van der Waals surface area contributed by atoms with Crippen LogP contribution in [0.15, 0.2) is 215 Å². The van der Waals surface area contributed by atoms with Gasteiger partial charge in [-0.3, -0.25) is 4.98 Å². The van der Waals surface area contributed by atoms with Crippen LogP contribution in [-0.2, 0) is 16.2 Å². The Hall–Kier alpha value is -6.99. The largest absolute Gasteiger partial charge is 0.455 e. The zero-order chi connectivity index (χ0) is 52.0. The summed E-state index contributed by atoms with van der Waals surface area (Å²) < 4.78 is 7.33. The summed E-state index contributed by atoms with van der Waals surface area (Å²) in [5.41, 5.74) is 17.0. The molecule has 0 N–H and O–H groups in total. The van der Waals surface area contributed by atoms with E-state index in [2.05, 4.69) is 271 Å². The van der Waals surface area contributed by atoms with Crippen molar-refractivity contribution in [2.75, 3.05) is 47.3 Å². The molecule has 1 aliphatic rings. The molecule has 6 heteroatoms. The van der Waals surface area contributed by atoms with Gasteiger partial charge in [0, 0.05) is 51.8 Å². The minimum absolute atomic E-state index is 0.00831. The van der Waals surface area contributed by atoms with Gasteiger partial charge in [0.15, 0.2) is 0 Å². The fourth-order valence-electron chi connectivity index (χ4n) is 11.1. The number of furan rings is 1. The van der Waals surface area contributed by atoms with E-state index in [1.165, 1.54) is 43.2 Å². The maximum absolute atomic E-state index is 7.33. The van der Waals surface area contributed by atoms with Gasteiger partial charge in [0.25, 0.3) is 0 Å². The molecule has 2 heterocycles. The van der Waals surface area contributed by atoms with Crippen LogP contribution in [0.5, 0.6) is 0 Å². The monoisotopic (exact) mass is 1010 g/mol. The van der Waals surface area contributed by atoms with Gasteiger partial charge in [-0.05, 0) is 194 Å². The lowest BCUT2D eigenvalue weighted by Crippen LogP contribution is -2.29. The fraction of sp³-hybridized carbons (Fsp3) is 0.221. The first-order valence-electron chi connectivity index (χ1n) is 25.7. The highest BCUT2D eigenvalue weighted by molar-refractivity contribution is 8.32. The van der Waals surface area contributed by atoms with Crippen LogP contribution in [0.4, 0.5) is 34.1 Å². The average Bonchev–Trinajstić information content (AvgIpc) is 3.96. The summed E-state index contributed by atoms with van der Waals surface area (Å²) >= 11 is 0. The van der Waals surface area contributed by atoms with Crippen molar-refractivity contribution in [1.29, 1.82) is 0 Å². The van der Waals surface area contributed by atoms with Gasteiger partial charge in [-0.1, -0.05) is 133 Å². The van der Waals surface area contributed by atoms with Crippen molar-refractivity contribution in [2.24, 2.45) is 0 Å². The molecular formula is C68H69N3OS2. The normalized spacial score (nSPS) is 13.9. The minimum atomic E-state index is -0.972. The molecule has 0 unspecified atom stereocenters. The number of fused-ring (bicyclic) bond motifs is 7. The van der Waals surface area contributed by atoms with Crippen LogP contribution in [0.2, 0.25) is 0 Å². The highest BCUT2D eigenvalue weighted by Crippen LogP contribution is 2.62. The number of anilines is 6. The van der Waals surface area contributed by atoms with E-state index in [0.29, 0.717) is 0 Å². The second-order valence-corrected chi connectivity index (χ2v) is 31.9. The molecule has 4 nitrogen and oxygen atoms in total. The standard InChI is InChI=1S/C68H69N3OS2/c1-66(2,3)46-23-27-50(28-24-46)70(51-31-36-55(37-32-51)73(7,8)9)54-35-40-57-59(43-54)68(48-19-15-13-16-20-48,49-21-17-14-18-22-49)60-44-61(64-58-45-69-42-41-62(58)72-65(64)63(57)60)71(52-29-25-47(26-30-52)67(4,5)6)53-33-38-56(39-34-53)74(10,11)12/h13-45H,1-12H3. The predicted octanol–water partition coefficient (Wildman–Crippen LogP) is 19.0. The molecule has 0 fully saturated rings. The van der Waals surface area contributed by atoms with Crippen LogP contribution < -0.4 is 9.80 Å². The second-order valence-electron chi connectivity index (χ2n) is 23.6. The van der Waals surface area contributed by atoms with Crippen molar-refractivity contribution < 1.29 is 4.42 Å². The molecule has 0 saturated carbocycles. The lowest BCUT2D eigenvalue weighted by atomic mass is 9.67. The van der Waals surface area contributed by atoms with Gasteiger partial charge >= 0.3 is 0 Å². The van der Waals surface area contributed by atoms with Crippen LogP contribution in [0, 0.1) is 0 Å². The highest BCUT2D eigenvalue weighted by Gasteiger charge is 2.49. The quantitative estimate of drug-likeness (QED) is 0.137. The summed E-state index contributed by atoms with van der Waals surface area (Å²) in [5, 5.41) is 2.01. The van der Waals surface area contributed by atoms with Gasteiger partial charge in [0.05, 0.1) is 16.5 Å². The number of aromatic nitrogens is 1. The van der Waals surface area contributed by atoms with E-state index in [1.807, 2.05) is 18.5 Å². The molecule has 8 aromatic carbocycles. The van der Waals surface area contributed by atoms with Gasteiger partial charge < -0.3 is 14.2 Å². The Kier molecular flexibility index (Phi) is 12.1. The number of nitrogens with zero attached hydrogens (tertiary/aromatic N) is 3. The zero-order valence-electron chi connectivity index (χ0n) is 45.1. The van der Waals surface area contributed by atoms with Crippen LogP contribution in [-0.4, -0.2) is 42.5 Å². The van der Waals surface area contributed by atoms with Crippen molar-refractivity contribution in [3.05, 3.63) is 234 Å². The Morgan fingerprint density at radius 3 is 1.36 bits per heavy atom. The third-order valence-corrected chi connectivity index (χ3v) is 18.5. The summed E-state index contributed by atoms with van der Waals surface area (Å²) in [6.07, 6.45) is 18.0. The van der Waals surface area contributed by atoms with Crippen LogP contribution in [0.3, 0.4) is 0 Å². The summed E-state index contributed by atoms with van der Waals surface area (Å²) in [7, 11) is -1.91. The summed E-state index contributed by atoms with van der Waals surface area (Å²) in [5.74, 6) is 0. The molecule has 0 amide bonds. The first-order chi connectivity index (χ1) is 35.2. The maximum atomic E-state index is 7.33. The molecule has 1 aliphatic carbocycles. The SMILES string of the molecule is CC(C)(C)c1ccc(N(c2ccc(S(C)(C)C)cc2)c2ccc3c(c2)C(c2ccccc2)(c2ccccc2)c2cc(N(c4ccc(C(C)(C)C)cc4)c4ccc(S(C)(C)C)cc4)c4c(oc5ccncc54)c2-3)cc1. The van der Waals surface area contributed by atoms with Gasteiger partial charge in [0.2, 0.25) is 0 Å². The Labute approximate surface area is 442 Å². The Morgan fingerprint density at radius 2 is 0.905 bits per heavy atom. The first kappa shape index (κ1) is 49.2. The summed E-state index contributed by atoms with van der Waals surface area (Å²) in [6.45, 7) is 13.7. The molecule has 10 aromatic rings. The second kappa shape index (κ2) is 18.1. The van der Waals surface area contributed by atoms with Crippen LogP contribution in [0.25, 0.3) is 33.1 Å². The molecule has 74 heavy (non-hydrogen) atoms. The van der Waals surface area contributed by atoms with E-state index in [0.717, 1.165) is 67.2 Å². The lowest BCUT2D eigenvalue weighted by molar-refractivity contribution is 0.590. The third kappa shape index (κ3) is 8.50. The number of rotatable bonds is 10. The molecular weight excluding hydrogens is 939 g/mol. The van der Waals surface area contributed by atoms with Crippen molar-refractivity contribution in [1.82, 2.24) is 4.98 Å². The van der Waals surface area contributed by atoms with Crippen molar-refractivity contribution >= 4 is 76.1 Å². The summed E-state index contributed by atoms with van der Waals surface area (Å²) in [4.78, 5) is 12.4. The molecule has 0 spiro atoms. The fourth-order valence-corrected chi connectivity index (χ4v) is 13.0. The number of hydrogen-bond acceptors (Lipinski definition) is 4. The van der Waals surface area contributed by atoms with E-state index < -0.39 is 25.5 Å². The third-order valence-electron chi connectivity index (χ3n) is 15.1. The van der Waals surface area contributed by atoms with Crippen LogP contribution in [0.1, 0.15) is 74.9 Å². The smallest absolute Gasteiger partial charge is 0.145 e. The molecule has 0 saturated heterocycles. The van der Waals surface area contributed by atoms with E-state index >= 15 is 0 Å². The number of benzene rings is 8. The minimum Gasteiger partial charge on any atom is -0.455 e. The lowest BCUT2D eigenvalue weighted by Gasteiger charge is -2.36. The van der Waals surface area contributed by atoms with Gasteiger partial charge in [0.1, 0.15) is 11.2 Å². The van der Waals surface area contributed by atoms with Gasteiger partial charge in [-0.25, -0.2) is 20.1 Å². The van der Waals surface area contributed by atoms with E-state index in [9.17, 15) is 0 Å². The van der Waals surface area contributed by atoms with E-state index in [1.54, 1.807) is 0 Å². The van der Waals surface area contributed by atoms with E-state index in [4.69, 9.17) is 9.40 Å². The Bertz CT molecular complexity index is 3510.